The van der Waals surface area contributed by atoms with Crippen molar-refractivity contribution < 1.29 is 14.7 Å². The summed E-state index contributed by atoms with van der Waals surface area (Å²) in [6.45, 7) is 0. The van der Waals surface area contributed by atoms with Crippen molar-refractivity contribution in [1.82, 2.24) is 14.8 Å². The van der Waals surface area contributed by atoms with Gasteiger partial charge in [0.05, 0.1) is 28.5 Å². The van der Waals surface area contributed by atoms with E-state index in [4.69, 9.17) is 5.11 Å². The smallest absolute Gasteiger partial charge is 0.335 e. The number of thioether (sulfide) groups is 1. The summed E-state index contributed by atoms with van der Waals surface area (Å²) in [5, 5.41) is 15.9. The number of carboxylic acids is 1. The number of hydrogen-bond donors (Lipinski definition) is 3. The van der Waals surface area contributed by atoms with Crippen LogP contribution in [0.2, 0.25) is 0 Å². The molecular weight excluding hydrogens is 368 g/mol. The molecule has 1 aliphatic rings. The number of pyridine rings is 1. The van der Waals surface area contributed by atoms with Gasteiger partial charge in [0, 0.05) is 17.3 Å². The van der Waals surface area contributed by atoms with Gasteiger partial charge in [0.25, 0.3) is 5.56 Å². The molecule has 0 bridgehead atoms. The van der Waals surface area contributed by atoms with Crippen LogP contribution in [0, 0.1) is 0 Å². The summed E-state index contributed by atoms with van der Waals surface area (Å²) >= 11 is 1.35. The van der Waals surface area contributed by atoms with Crippen molar-refractivity contribution >= 4 is 29.5 Å². The zero-order valence-corrected chi connectivity index (χ0v) is 14.7. The van der Waals surface area contributed by atoms with Crippen LogP contribution in [-0.2, 0) is 4.79 Å². The number of carbonyl (C=O) groups excluding carboxylic acids is 1. The highest BCUT2D eigenvalue weighted by Gasteiger charge is 2.29. The minimum absolute atomic E-state index is 0.158. The predicted molar refractivity (Wildman–Crippen MR) is 101 cm³/mol. The molecule has 1 atom stereocenters. The van der Waals surface area contributed by atoms with Gasteiger partial charge >= 0.3 is 5.97 Å². The molecule has 1 aliphatic heterocycles. The van der Waals surface area contributed by atoms with Gasteiger partial charge in [0.1, 0.15) is 5.82 Å². The number of benzene rings is 1. The lowest BCUT2D eigenvalue weighted by atomic mass is 10.1. The second-order valence-corrected chi connectivity index (χ2v) is 7.00. The first-order chi connectivity index (χ1) is 13.0. The van der Waals surface area contributed by atoms with Crippen LogP contribution in [0.4, 0.5) is 5.82 Å². The predicted octanol–water partition coefficient (Wildman–Crippen LogP) is 2.03. The van der Waals surface area contributed by atoms with Crippen LogP contribution < -0.4 is 10.9 Å². The second-order valence-electron chi connectivity index (χ2n) is 5.91. The number of carbonyl (C=O) groups is 2. The number of aromatic nitrogens is 3. The molecule has 0 aliphatic carbocycles. The Balaban J connectivity index is 1.82. The van der Waals surface area contributed by atoms with E-state index in [0.29, 0.717) is 22.6 Å². The van der Waals surface area contributed by atoms with Crippen LogP contribution >= 0.6 is 11.8 Å². The average Bonchev–Trinajstić information content (AvgIpc) is 2.99. The summed E-state index contributed by atoms with van der Waals surface area (Å²) in [6.07, 6.45) is 3.18. The minimum Gasteiger partial charge on any atom is -0.478 e. The van der Waals surface area contributed by atoms with E-state index in [1.165, 1.54) is 28.6 Å². The Bertz CT molecular complexity index is 1090. The molecular formula is C18H14N4O4S. The van der Waals surface area contributed by atoms with E-state index in [0.717, 1.165) is 0 Å². The Morgan fingerprint density at radius 1 is 1.19 bits per heavy atom. The van der Waals surface area contributed by atoms with Crippen molar-refractivity contribution in [1.29, 1.82) is 0 Å². The maximum atomic E-state index is 12.2. The minimum atomic E-state index is -1.02. The quantitative estimate of drug-likeness (QED) is 0.638. The third-order valence-corrected chi connectivity index (χ3v) is 5.48. The number of carboxylic acid groups (broad SMARTS) is 1. The third-order valence-electron chi connectivity index (χ3n) is 4.21. The van der Waals surface area contributed by atoms with Gasteiger partial charge in [0.15, 0.2) is 0 Å². The van der Waals surface area contributed by atoms with E-state index in [2.05, 4.69) is 15.4 Å². The molecule has 3 heterocycles. The summed E-state index contributed by atoms with van der Waals surface area (Å²) in [5.41, 5.74) is 1.80. The molecule has 0 radical (unpaired) electrons. The number of nitrogens with zero attached hydrogens (tertiary/aromatic N) is 2. The number of aromatic amines is 1. The molecule has 0 saturated carbocycles. The zero-order chi connectivity index (χ0) is 19.0. The average molecular weight is 382 g/mol. The summed E-state index contributed by atoms with van der Waals surface area (Å²) < 4.78 is 1.54. The Kier molecular flexibility index (Phi) is 4.28. The molecule has 2 aromatic heterocycles. The molecule has 3 N–H and O–H groups in total. The van der Waals surface area contributed by atoms with Crippen LogP contribution in [0.3, 0.4) is 0 Å². The highest BCUT2D eigenvalue weighted by molar-refractivity contribution is 8.00. The molecule has 3 aromatic rings. The highest BCUT2D eigenvalue weighted by atomic mass is 32.2. The topological polar surface area (TPSA) is 117 Å². The van der Waals surface area contributed by atoms with E-state index < -0.39 is 5.97 Å². The van der Waals surface area contributed by atoms with E-state index in [1.54, 1.807) is 36.7 Å². The number of hydrogen-bond acceptors (Lipinski definition) is 5. The molecule has 0 unspecified atom stereocenters. The van der Waals surface area contributed by atoms with Crippen LogP contribution in [0.1, 0.15) is 26.7 Å². The van der Waals surface area contributed by atoms with Crippen LogP contribution in [0.15, 0.2) is 53.6 Å². The first-order valence-corrected chi connectivity index (χ1v) is 9.10. The maximum absolute atomic E-state index is 12.2. The van der Waals surface area contributed by atoms with Crippen molar-refractivity contribution in [2.45, 2.75) is 5.25 Å². The van der Waals surface area contributed by atoms with Gasteiger partial charge in [-0.15, -0.1) is 11.8 Å². The molecule has 1 amide bonds. The number of nitrogens with one attached hydrogen (secondary N) is 2. The Labute approximate surface area is 157 Å². The fraction of sp³-hybridized carbons (Fsp3) is 0.111. The zero-order valence-electron chi connectivity index (χ0n) is 13.9. The summed E-state index contributed by atoms with van der Waals surface area (Å²) in [4.78, 5) is 38.1. The Morgan fingerprint density at radius 3 is 2.67 bits per heavy atom. The molecule has 8 nitrogen and oxygen atoms in total. The van der Waals surface area contributed by atoms with Crippen molar-refractivity contribution in [3.05, 3.63) is 75.8 Å². The lowest BCUT2D eigenvalue weighted by molar-refractivity contribution is -0.113. The lowest BCUT2D eigenvalue weighted by Crippen LogP contribution is -2.15. The van der Waals surface area contributed by atoms with Crippen molar-refractivity contribution in [2.24, 2.45) is 0 Å². The lowest BCUT2D eigenvalue weighted by Gasteiger charge is -2.13. The number of fused-ring (bicyclic) bond motifs is 1. The number of aromatic carboxylic acids is 1. The van der Waals surface area contributed by atoms with Crippen molar-refractivity contribution in [2.75, 3.05) is 11.1 Å². The van der Waals surface area contributed by atoms with E-state index >= 15 is 0 Å². The molecule has 0 spiro atoms. The van der Waals surface area contributed by atoms with Gasteiger partial charge in [-0.25, -0.2) is 9.48 Å². The van der Waals surface area contributed by atoms with Gasteiger partial charge in [-0.2, -0.15) is 5.10 Å². The monoisotopic (exact) mass is 382 g/mol. The van der Waals surface area contributed by atoms with E-state index in [1.807, 2.05) is 0 Å². The molecule has 0 fully saturated rings. The van der Waals surface area contributed by atoms with Crippen LogP contribution in [-0.4, -0.2) is 37.5 Å². The number of amides is 1. The first-order valence-electron chi connectivity index (χ1n) is 8.05. The van der Waals surface area contributed by atoms with Gasteiger partial charge in [-0.05, 0) is 30.3 Å². The van der Waals surface area contributed by atoms with Crippen molar-refractivity contribution in [3.8, 4) is 5.69 Å². The normalized spacial score (nSPS) is 16.3. The fourth-order valence-electron chi connectivity index (χ4n) is 2.93. The van der Waals surface area contributed by atoms with Gasteiger partial charge in [0.2, 0.25) is 5.91 Å². The molecule has 9 heteroatoms. The molecule has 0 saturated heterocycles. The van der Waals surface area contributed by atoms with E-state index in [9.17, 15) is 14.4 Å². The highest BCUT2D eigenvalue weighted by Crippen LogP contribution is 2.40. The maximum Gasteiger partial charge on any atom is 0.335 e. The van der Waals surface area contributed by atoms with Crippen LogP contribution in [0.5, 0.6) is 0 Å². The Morgan fingerprint density at radius 2 is 1.96 bits per heavy atom. The van der Waals surface area contributed by atoms with Gasteiger partial charge in [-0.1, -0.05) is 6.07 Å². The van der Waals surface area contributed by atoms with Gasteiger partial charge in [-0.3, -0.25) is 9.59 Å². The molecule has 4 rings (SSSR count). The second kappa shape index (κ2) is 6.76. The van der Waals surface area contributed by atoms with Crippen molar-refractivity contribution in [3.63, 3.8) is 0 Å². The number of H-pyrrole nitrogens is 1. The van der Waals surface area contributed by atoms with Crippen LogP contribution in [0.25, 0.3) is 5.69 Å². The largest absolute Gasteiger partial charge is 0.478 e. The Hall–Kier alpha value is -3.33. The van der Waals surface area contributed by atoms with E-state index in [-0.39, 0.29) is 28.0 Å². The summed E-state index contributed by atoms with van der Waals surface area (Å²) in [5.74, 6) is -0.540. The summed E-state index contributed by atoms with van der Waals surface area (Å²) in [7, 11) is 0. The SMILES string of the molecule is O=C1CS[C@@H](c2ccc[nH]c2=O)c2cnn(-c3ccc(C(=O)O)cc3)c2N1. The number of rotatable bonds is 3. The molecule has 136 valence electrons. The molecule has 27 heavy (non-hydrogen) atoms. The fourth-order valence-corrected chi connectivity index (χ4v) is 4.04. The third kappa shape index (κ3) is 3.13. The standard InChI is InChI=1S/C18H14N4O4S/c23-14-9-27-15(12-2-1-7-19-17(12)24)13-8-20-22(16(13)21-14)11-5-3-10(4-6-11)18(25)26/h1-8,15H,9H2,(H,19,24)(H,21,23)(H,25,26)/t15-/m0/s1. The first kappa shape index (κ1) is 17.1. The number of anilines is 1. The summed E-state index contributed by atoms with van der Waals surface area (Å²) in [6, 6.07) is 9.65. The van der Waals surface area contributed by atoms with Gasteiger partial charge < -0.3 is 15.4 Å². The molecule has 1 aromatic carbocycles.